The highest BCUT2D eigenvalue weighted by atomic mass is 16.2. The largest absolute Gasteiger partial charge is 0.336 e. The van der Waals surface area contributed by atoms with Gasteiger partial charge in [0.15, 0.2) is 0 Å². The Balaban J connectivity index is 2.59. The maximum absolute atomic E-state index is 11.6. The number of aromatic nitrogens is 1. The summed E-state index contributed by atoms with van der Waals surface area (Å²) in [7, 11) is 0. The number of unbranched alkanes of at least 4 members (excludes halogenated alkanes) is 1. The van der Waals surface area contributed by atoms with Gasteiger partial charge in [-0.2, -0.15) is 0 Å². The number of hydrogen-bond acceptors (Lipinski definition) is 3. The highest BCUT2D eigenvalue weighted by molar-refractivity contribution is 5.77. The van der Waals surface area contributed by atoms with Crippen LogP contribution in [0, 0.1) is 0 Å². The van der Waals surface area contributed by atoms with Gasteiger partial charge >= 0.3 is 0 Å². The molecule has 1 heterocycles. The minimum atomic E-state index is -0.0147. The summed E-state index contributed by atoms with van der Waals surface area (Å²) in [5, 5.41) is 0. The first kappa shape index (κ1) is 12.6. The Hall–Kier alpha value is -1.42. The molecule has 1 amide bonds. The third kappa shape index (κ3) is 3.98. The molecule has 4 heteroatoms. The predicted octanol–water partition coefficient (Wildman–Crippen LogP) is 1.17. The number of rotatable bonds is 6. The van der Waals surface area contributed by atoms with Gasteiger partial charge < -0.3 is 10.6 Å². The SMILES string of the molecule is CCCCN(Cc1ccccn1)C(=O)CN. The van der Waals surface area contributed by atoms with Crippen LogP contribution in [0.2, 0.25) is 0 Å². The molecular formula is C12H19N3O. The van der Waals surface area contributed by atoms with E-state index in [0.29, 0.717) is 6.54 Å². The molecule has 0 saturated carbocycles. The van der Waals surface area contributed by atoms with Gasteiger partial charge in [0, 0.05) is 12.7 Å². The molecule has 0 aliphatic carbocycles. The molecular weight excluding hydrogens is 202 g/mol. The van der Waals surface area contributed by atoms with Crippen molar-refractivity contribution in [2.75, 3.05) is 13.1 Å². The molecule has 1 aromatic rings. The number of nitrogens with zero attached hydrogens (tertiary/aromatic N) is 2. The van der Waals surface area contributed by atoms with Crippen molar-refractivity contribution in [3.63, 3.8) is 0 Å². The smallest absolute Gasteiger partial charge is 0.236 e. The topological polar surface area (TPSA) is 59.2 Å². The molecule has 4 nitrogen and oxygen atoms in total. The molecule has 0 aliphatic rings. The van der Waals surface area contributed by atoms with Gasteiger partial charge in [-0.3, -0.25) is 9.78 Å². The van der Waals surface area contributed by atoms with Gasteiger partial charge in [-0.15, -0.1) is 0 Å². The van der Waals surface area contributed by atoms with Crippen molar-refractivity contribution in [3.8, 4) is 0 Å². The second-order valence-electron chi connectivity index (χ2n) is 3.69. The molecule has 0 saturated heterocycles. The van der Waals surface area contributed by atoms with Crippen LogP contribution in [0.15, 0.2) is 24.4 Å². The summed E-state index contributed by atoms with van der Waals surface area (Å²) < 4.78 is 0. The normalized spacial score (nSPS) is 10.1. The average Bonchev–Trinajstić information content (AvgIpc) is 2.34. The highest BCUT2D eigenvalue weighted by Crippen LogP contribution is 2.03. The number of carbonyl (C=O) groups is 1. The monoisotopic (exact) mass is 221 g/mol. The van der Waals surface area contributed by atoms with Gasteiger partial charge in [0.25, 0.3) is 0 Å². The number of amides is 1. The maximum atomic E-state index is 11.6. The molecule has 2 N–H and O–H groups in total. The van der Waals surface area contributed by atoms with E-state index >= 15 is 0 Å². The molecule has 88 valence electrons. The third-order valence-corrected chi connectivity index (χ3v) is 2.39. The van der Waals surface area contributed by atoms with Crippen molar-refractivity contribution in [1.29, 1.82) is 0 Å². The fourth-order valence-electron chi connectivity index (χ4n) is 1.46. The lowest BCUT2D eigenvalue weighted by molar-refractivity contribution is -0.130. The van der Waals surface area contributed by atoms with E-state index in [1.807, 2.05) is 18.2 Å². The van der Waals surface area contributed by atoms with Crippen LogP contribution in [-0.4, -0.2) is 28.9 Å². The summed E-state index contributed by atoms with van der Waals surface area (Å²) in [6.45, 7) is 3.47. The van der Waals surface area contributed by atoms with Crippen molar-refractivity contribution in [3.05, 3.63) is 30.1 Å². The Morgan fingerprint density at radius 2 is 2.31 bits per heavy atom. The molecule has 0 fully saturated rings. The molecule has 0 aromatic carbocycles. The summed E-state index contributed by atoms with van der Waals surface area (Å²) in [5.41, 5.74) is 6.29. The number of nitrogens with two attached hydrogens (primary N) is 1. The molecule has 0 spiro atoms. The highest BCUT2D eigenvalue weighted by Gasteiger charge is 2.11. The molecule has 1 rings (SSSR count). The lowest BCUT2D eigenvalue weighted by Crippen LogP contribution is -2.36. The average molecular weight is 221 g/mol. The van der Waals surface area contributed by atoms with Crippen LogP contribution in [-0.2, 0) is 11.3 Å². The fraction of sp³-hybridized carbons (Fsp3) is 0.500. The van der Waals surface area contributed by atoms with E-state index in [2.05, 4.69) is 11.9 Å². The molecule has 0 bridgehead atoms. The van der Waals surface area contributed by atoms with Crippen LogP contribution in [0.3, 0.4) is 0 Å². The minimum Gasteiger partial charge on any atom is -0.336 e. The summed E-state index contributed by atoms with van der Waals surface area (Å²) in [6, 6.07) is 5.71. The van der Waals surface area contributed by atoms with E-state index in [1.54, 1.807) is 11.1 Å². The van der Waals surface area contributed by atoms with Gasteiger partial charge in [-0.25, -0.2) is 0 Å². The molecule has 0 atom stereocenters. The summed E-state index contributed by atoms with van der Waals surface area (Å²) in [4.78, 5) is 17.6. The van der Waals surface area contributed by atoms with Gasteiger partial charge in [-0.05, 0) is 18.6 Å². The zero-order chi connectivity index (χ0) is 11.8. The standard InChI is InChI=1S/C12H19N3O/c1-2-3-8-15(12(16)9-13)10-11-6-4-5-7-14-11/h4-7H,2-3,8-10,13H2,1H3. The second-order valence-corrected chi connectivity index (χ2v) is 3.69. The quantitative estimate of drug-likeness (QED) is 0.784. The van der Waals surface area contributed by atoms with E-state index in [4.69, 9.17) is 5.73 Å². The Labute approximate surface area is 96.5 Å². The number of hydrogen-bond donors (Lipinski definition) is 1. The van der Waals surface area contributed by atoms with Crippen molar-refractivity contribution < 1.29 is 4.79 Å². The fourth-order valence-corrected chi connectivity index (χ4v) is 1.46. The van der Waals surface area contributed by atoms with E-state index in [1.165, 1.54) is 0 Å². The lowest BCUT2D eigenvalue weighted by Gasteiger charge is -2.21. The minimum absolute atomic E-state index is 0.0147. The van der Waals surface area contributed by atoms with Crippen LogP contribution < -0.4 is 5.73 Å². The van der Waals surface area contributed by atoms with Crippen LogP contribution in [0.25, 0.3) is 0 Å². The van der Waals surface area contributed by atoms with Gasteiger partial charge in [0.2, 0.25) is 5.91 Å². The Morgan fingerprint density at radius 3 is 2.88 bits per heavy atom. The third-order valence-electron chi connectivity index (χ3n) is 2.39. The number of pyridine rings is 1. The first-order valence-corrected chi connectivity index (χ1v) is 5.65. The van der Waals surface area contributed by atoms with Crippen LogP contribution in [0.5, 0.6) is 0 Å². The number of carbonyl (C=O) groups excluding carboxylic acids is 1. The first-order valence-electron chi connectivity index (χ1n) is 5.65. The van der Waals surface area contributed by atoms with Crippen molar-refractivity contribution in [1.82, 2.24) is 9.88 Å². The Bertz CT molecular complexity index is 313. The zero-order valence-corrected chi connectivity index (χ0v) is 9.72. The van der Waals surface area contributed by atoms with E-state index < -0.39 is 0 Å². The zero-order valence-electron chi connectivity index (χ0n) is 9.72. The van der Waals surface area contributed by atoms with Crippen LogP contribution >= 0.6 is 0 Å². The summed E-state index contributed by atoms with van der Waals surface area (Å²) in [5.74, 6) is -0.0147. The first-order chi connectivity index (χ1) is 7.77. The molecule has 0 aliphatic heterocycles. The van der Waals surface area contributed by atoms with Crippen molar-refractivity contribution in [2.45, 2.75) is 26.3 Å². The van der Waals surface area contributed by atoms with Gasteiger partial charge in [-0.1, -0.05) is 19.4 Å². The molecule has 0 unspecified atom stereocenters. The summed E-state index contributed by atoms with van der Waals surface area (Å²) in [6.07, 6.45) is 3.80. The second kappa shape index (κ2) is 6.95. The van der Waals surface area contributed by atoms with Gasteiger partial charge in [0.1, 0.15) is 0 Å². The molecule has 1 aromatic heterocycles. The molecule has 16 heavy (non-hydrogen) atoms. The van der Waals surface area contributed by atoms with Crippen molar-refractivity contribution >= 4 is 5.91 Å². The Kier molecular flexibility index (Phi) is 5.50. The Morgan fingerprint density at radius 1 is 1.50 bits per heavy atom. The van der Waals surface area contributed by atoms with E-state index in [-0.39, 0.29) is 12.5 Å². The van der Waals surface area contributed by atoms with Crippen LogP contribution in [0.1, 0.15) is 25.5 Å². The lowest BCUT2D eigenvalue weighted by atomic mass is 10.2. The predicted molar refractivity (Wildman–Crippen MR) is 63.6 cm³/mol. The van der Waals surface area contributed by atoms with E-state index in [0.717, 1.165) is 25.1 Å². The van der Waals surface area contributed by atoms with E-state index in [9.17, 15) is 4.79 Å². The van der Waals surface area contributed by atoms with Gasteiger partial charge in [0.05, 0.1) is 18.8 Å². The van der Waals surface area contributed by atoms with Crippen molar-refractivity contribution in [2.24, 2.45) is 5.73 Å². The maximum Gasteiger partial charge on any atom is 0.236 e. The molecule has 0 radical (unpaired) electrons. The summed E-state index contributed by atoms with van der Waals surface area (Å²) >= 11 is 0. The van der Waals surface area contributed by atoms with Crippen LogP contribution in [0.4, 0.5) is 0 Å².